The van der Waals surface area contributed by atoms with Crippen LogP contribution in [0.4, 0.5) is 0 Å². The number of rotatable bonds is 3. The molecule has 2 heterocycles. The standard InChI is InChI=1S/C9H18N2O/c1-7(10-2)4-11-5-9-3-8(11)6-12-9/h7-10H,3-6H2,1-2H3. The minimum Gasteiger partial charge on any atom is -0.375 e. The van der Waals surface area contributed by atoms with Crippen LogP contribution in [0.2, 0.25) is 0 Å². The average Bonchev–Trinajstić information content (AvgIpc) is 2.64. The fraction of sp³-hybridized carbons (Fsp3) is 1.00. The summed E-state index contributed by atoms with van der Waals surface area (Å²) in [6, 6.07) is 1.31. The lowest BCUT2D eigenvalue weighted by molar-refractivity contribution is 0.0279. The largest absolute Gasteiger partial charge is 0.375 e. The number of morpholine rings is 1. The van der Waals surface area contributed by atoms with Crippen LogP contribution in [-0.2, 0) is 4.74 Å². The van der Waals surface area contributed by atoms with Gasteiger partial charge in [0.2, 0.25) is 0 Å². The van der Waals surface area contributed by atoms with Gasteiger partial charge >= 0.3 is 0 Å². The summed E-state index contributed by atoms with van der Waals surface area (Å²) in [7, 11) is 2.02. The van der Waals surface area contributed by atoms with Crippen LogP contribution in [0.3, 0.4) is 0 Å². The van der Waals surface area contributed by atoms with Gasteiger partial charge in [-0.05, 0) is 20.4 Å². The van der Waals surface area contributed by atoms with E-state index in [2.05, 4.69) is 17.1 Å². The Morgan fingerprint density at radius 3 is 3.00 bits per heavy atom. The SMILES string of the molecule is CNC(C)CN1CC2CC1CO2. The van der Waals surface area contributed by atoms with E-state index in [9.17, 15) is 0 Å². The van der Waals surface area contributed by atoms with E-state index in [0.29, 0.717) is 18.2 Å². The van der Waals surface area contributed by atoms with Gasteiger partial charge in [0.1, 0.15) is 0 Å². The molecule has 70 valence electrons. The summed E-state index contributed by atoms with van der Waals surface area (Å²) in [5.74, 6) is 0. The van der Waals surface area contributed by atoms with Gasteiger partial charge in [-0.25, -0.2) is 0 Å². The molecule has 2 bridgehead atoms. The fourth-order valence-corrected chi connectivity index (χ4v) is 2.15. The van der Waals surface area contributed by atoms with Crippen molar-refractivity contribution in [3.8, 4) is 0 Å². The van der Waals surface area contributed by atoms with Crippen LogP contribution in [0.5, 0.6) is 0 Å². The van der Waals surface area contributed by atoms with Crippen LogP contribution in [0.15, 0.2) is 0 Å². The second-order valence-electron chi connectivity index (χ2n) is 3.99. The van der Waals surface area contributed by atoms with Gasteiger partial charge in [-0.15, -0.1) is 0 Å². The van der Waals surface area contributed by atoms with E-state index in [4.69, 9.17) is 4.74 Å². The number of fused-ring (bicyclic) bond motifs is 2. The molecular weight excluding hydrogens is 152 g/mol. The highest BCUT2D eigenvalue weighted by Crippen LogP contribution is 2.27. The normalized spacial score (nSPS) is 37.5. The first-order valence-corrected chi connectivity index (χ1v) is 4.82. The molecule has 0 aliphatic carbocycles. The van der Waals surface area contributed by atoms with Crippen LogP contribution in [0, 0.1) is 0 Å². The van der Waals surface area contributed by atoms with E-state index in [1.807, 2.05) is 7.05 Å². The highest BCUT2D eigenvalue weighted by molar-refractivity contribution is 4.92. The molecule has 2 rings (SSSR count). The third kappa shape index (κ3) is 1.49. The molecule has 12 heavy (non-hydrogen) atoms. The summed E-state index contributed by atoms with van der Waals surface area (Å²) >= 11 is 0. The Morgan fingerprint density at radius 2 is 2.50 bits per heavy atom. The molecule has 0 spiro atoms. The third-order valence-corrected chi connectivity index (χ3v) is 3.01. The molecular formula is C9H18N2O. The van der Waals surface area contributed by atoms with Gasteiger partial charge in [-0.3, -0.25) is 4.90 Å². The molecule has 0 saturated carbocycles. The van der Waals surface area contributed by atoms with Gasteiger partial charge < -0.3 is 10.1 Å². The highest BCUT2D eigenvalue weighted by Gasteiger charge is 2.38. The first kappa shape index (κ1) is 8.48. The van der Waals surface area contributed by atoms with Crippen molar-refractivity contribution in [2.75, 3.05) is 26.7 Å². The molecule has 2 aliphatic rings. The summed E-state index contributed by atoms with van der Waals surface area (Å²) in [6.45, 7) is 5.51. The summed E-state index contributed by atoms with van der Waals surface area (Å²) in [5, 5.41) is 3.27. The van der Waals surface area contributed by atoms with Crippen LogP contribution < -0.4 is 5.32 Å². The number of nitrogens with zero attached hydrogens (tertiary/aromatic N) is 1. The van der Waals surface area contributed by atoms with Crippen molar-refractivity contribution >= 4 is 0 Å². The minimum absolute atomic E-state index is 0.541. The van der Waals surface area contributed by atoms with Gasteiger partial charge in [0.05, 0.1) is 12.7 Å². The molecule has 3 unspecified atom stereocenters. The van der Waals surface area contributed by atoms with Crippen LogP contribution in [-0.4, -0.2) is 49.8 Å². The van der Waals surface area contributed by atoms with E-state index in [0.717, 1.165) is 13.2 Å². The van der Waals surface area contributed by atoms with Crippen molar-refractivity contribution in [3.05, 3.63) is 0 Å². The van der Waals surface area contributed by atoms with E-state index in [1.165, 1.54) is 13.0 Å². The molecule has 0 aromatic rings. The van der Waals surface area contributed by atoms with Gasteiger partial charge in [-0.1, -0.05) is 0 Å². The van der Waals surface area contributed by atoms with Crippen molar-refractivity contribution in [2.24, 2.45) is 0 Å². The molecule has 3 atom stereocenters. The highest BCUT2D eigenvalue weighted by atomic mass is 16.5. The summed E-state index contributed by atoms with van der Waals surface area (Å²) in [5.41, 5.74) is 0. The van der Waals surface area contributed by atoms with Gasteiger partial charge in [-0.2, -0.15) is 0 Å². The van der Waals surface area contributed by atoms with E-state index in [-0.39, 0.29) is 0 Å². The van der Waals surface area contributed by atoms with Crippen molar-refractivity contribution < 1.29 is 4.74 Å². The second kappa shape index (κ2) is 3.32. The van der Waals surface area contributed by atoms with Crippen LogP contribution in [0.1, 0.15) is 13.3 Å². The first-order chi connectivity index (χ1) is 5.79. The molecule has 0 aromatic heterocycles. The monoisotopic (exact) mass is 170 g/mol. The summed E-state index contributed by atoms with van der Waals surface area (Å²) in [6.07, 6.45) is 1.80. The van der Waals surface area contributed by atoms with Crippen molar-refractivity contribution in [1.82, 2.24) is 10.2 Å². The van der Waals surface area contributed by atoms with Crippen molar-refractivity contribution in [2.45, 2.75) is 31.5 Å². The molecule has 0 amide bonds. The van der Waals surface area contributed by atoms with Crippen molar-refractivity contribution in [3.63, 3.8) is 0 Å². The molecule has 2 fully saturated rings. The number of hydrogen-bond donors (Lipinski definition) is 1. The topological polar surface area (TPSA) is 24.5 Å². The number of hydrogen-bond acceptors (Lipinski definition) is 3. The molecule has 1 N–H and O–H groups in total. The Bertz CT molecular complexity index is 163. The molecule has 2 saturated heterocycles. The Labute approximate surface area is 74.1 Å². The maximum absolute atomic E-state index is 5.54. The number of likely N-dealkylation sites (tertiary alicyclic amines) is 1. The second-order valence-corrected chi connectivity index (χ2v) is 3.99. The zero-order valence-electron chi connectivity index (χ0n) is 7.92. The zero-order valence-corrected chi connectivity index (χ0v) is 7.92. The Morgan fingerprint density at radius 1 is 1.67 bits per heavy atom. The number of likely N-dealkylation sites (N-methyl/N-ethyl adjacent to an activating group) is 1. The zero-order chi connectivity index (χ0) is 8.55. The summed E-state index contributed by atoms with van der Waals surface area (Å²) in [4.78, 5) is 2.55. The first-order valence-electron chi connectivity index (χ1n) is 4.82. The Kier molecular flexibility index (Phi) is 2.35. The third-order valence-electron chi connectivity index (χ3n) is 3.01. The maximum Gasteiger partial charge on any atom is 0.0718 e. The van der Waals surface area contributed by atoms with Crippen LogP contribution >= 0.6 is 0 Å². The molecule has 2 aliphatic heterocycles. The lowest BCUT2D eigenvalue weighted by Crippen LogP contribution is -2.44. The van der Waals surface area contributed by atoms with E-state index < -0.39 is 0 Å². The lowest BCUT2D eigenvalue weighted by Gasteiger charge is -2.28. The quantitative estimate of drug-likeness (QED) is 0.648. The number of ether oxygens (including phenoxy) is 1. The fourth-order valence-electron chi connectivity index (χ4n) is 2.15. The Hall–Kier alpha value is -0.120. The smallest absolute Gasteiger partial charge is 0.0718 e. The number of nitrogens with one attached hydrogen (secondary N) is 1. The van der Waals surface area contributed by atoms with Crippen LogP contribution in [0.25, 0.3) is 0 Å². The lowest BCUT2D eigenvalue weighted by atomic mass is 10.2. The molecule has 3 heteroatoms. The molecule has 0 aromatic carbocycles. The van der Waals surface area contributed by atoms with E-state index in [1.54, 1.807) is 0 Å². The minimum atomic E-state index is 0.541. The molecule has 3 nitrogen and oxygen atoms in total. The Balaban J connectivity index is 1.82. The van der Waals surface area contributed by atoms with E-state index >= 15 is 0 Å². The van der Waals surface area contributed by atoms with Gasteiger partial charge in [0.15, 0.2) is 0 Å². The van der Waals surface area contributed by atoms with Gasteiger partial charge in [0.25, 0.3) is 0 Å². The van der Waals surface area contributed by atoms with Gasteiger partial charge in [0, 0.05) is 25.2 Å². The maximum atomic E-state index is 5.54. The average molecular weight is 170 g/mol. The molecule has 0 radical (unpaired) electrons. The predicted molar refractivity (Wildman–Crippen MR) is 48.2 cm³/mol. The summed E-state index contributed by atoms with van der Waals surface area (Å²) < 4.78 is 5.54. The van der Waals surface area contributed by atoms with Crippen molar-refractivity contribution in [1.29, 1.82) is 0 Å². The predicted octanol–water partition coefficient (Wildman–Crippen LogP) is 0.0674.